The highest BCUT2D eigenvalue weighted by molar-refractivity contribution is 9.10. The summed E-state index contributed by atoms with van der Waals surface area (Å²) >= 11 is 3.37. The lowest BCUT2D eigenvalue weighted by molar-refractivity contribution is -0.117. The van der Waals surface area contributed by atoms with Crippen LogP contribution in [-0.2, 0) is 11.2 Å². The van der Waals surface area contributed by atoms with E-state index < -0.39 is 5.91 Å². The lowest BCUT2D eigenvalue weighted by Crippen LogP contribution is -1.97. The van der Waals surface area contributed by atoms with Gasteiger partial charge in [-0.2, -0.15) is 0 Å². The SMILES string of the molecule is COc1ccc(CC(=O)N=Nc2c(O)[nH]c3ccc(Br)cc23)cc1. The number of ether oxygens (including phenoxy) is 1. The Morgan fingerprint density at radius 1 is 1.25 bits per heavy atom. The van der Waals surface area contributed by atoms with E-state index in [1.54, 1.807) is 43.5 Å². The lowest BCUT2D eigenvalue weighted by Gasteiger charge is -2.00. The third-order valence-corrected chi connectivity index (χ3v) is 3.98. The van der Waals surface area contributed by atoms with Crippen LogP contribution in [0.4, 0.5) is 5.69 Å². The first-order valence-electron chi connectivity index (χ1n) is 7.14. The monoisotopic (exact) mass is 387 g/mol. The van der Waals surface area contributed by atoms with Crippen molar-refractivity contribution >= 4 is 38.4 Å². The standard InChI is InChI=1S/C17H14BrN3O3/c1-24-12-5-2-10(3-6-12)8-15(22)20-21-16-13-9-11(18)4-7-14(13)19-17(16)23/h2-7,9,19,23H,8H2,1H3. The van der Waals surface area contributed by atoms with Crippen LogP contribution in [0, 0.1) is 0 Å². The number of halogens is 1. The van der Waals surface area contributed by atoms with Crippen LogP contribution in [0.2, 0.25) is 0 Å². The number of benzene rings is 2. The Morgan fingerprint density at radius 2 is 2.00 bits per heavy atom. The van der Waals surface area contributed by atoms with Crippen molar-refractivity contribution in [2.45, 2.75) is 6.42 Å². The predicted octanol–water partition coefficient (Wildman–Crippen LogP) is 4.50. The average molecular weight is 388 g/mol. The number of aromatic amines is 1. The number of hydrogen-bond acceptors (Lipinski definition) is 4. The zero-order valence-corrected chi connectivity index (χ0v) is 14.4. The summed E-state index contributed by atoms with van der Waals surface area (Å²) in [5, 5.41) is 18.2. The molecule has 0 spiro atoms. The summed E-state index contributed by atoms with van der Waals surface area (Å²) in [7, 11) is 1.58. The van der Waals surface area contributed by atoms with E-state index >= 15 is 0 Å². The van der Waals surface area contributed by atoms with Gasteiger partial charge in [0.05, 0.1) is 19.0 Å². The van der Waals surface area contributed by atoms with E-state index in [1.807, 2.05) is 6.07 Å². The van der Waals surface area contributed by atoms with Gasteiger partial charge in [-0.1, -0.05) is 28.1 Å². The maximum atomic E-state index is 12.0. The van der Waals surface area contributed by atoms with Gasteiger partial charge in [-0.25, -0.2) is 0 Å². The highest BCUT2D eigenvalue weighted by atomic mass is 79.9. The first-order chi connectivity index (χ1) is 11.6. The van der Waals surface area contributed by atoms with E-state index in [9.17, 15) is 9.90 Å². The minimum absolute atomic E-state index is 0.121. The molecule has 0 fully saturated rings. The van der Waals surface area contributed by atoms with Crippen LogP contribution in [0.5, 0.6) is 11.6 Å². The lowest BCUT2D eigenvalue weighted by atomic mass is 10.1. The molecule has 0 aliphatic carbocycles. The topological polar surface area (TPSA) is 87.0 Å². The molecule has 0 saturated carbocycles. The Balaban J connectivity index is 1.78. The molecule has 0 aliphatic heterocycles. The summed E-state index contributed by atoms with van der Waals surface area (Å²) in [6, 6.07) is 12.6. The Kier molecular flexibility index (Phi) is 4.61. The molecule has 0 radical (unpaired) electrons. The molecular weight excluding hydrogens is 374 g/mol. The maximum absolute atomic E-state index is 12.0. The van der Waals surface area contributed by atoms with Gasteiger partial charge in [0.2, 0.25) is 5.88 Å². The molecule has 0 atom stereocenters. The molecule has 7 heteroatoms. The van der Waals surface area contributed by atoms with Crippen LogP contribution in [0.1, 0.15) is 5.56 Å². The fourth-order valence-electron chi connectivity index (χ4n) is 2.30. The number of nitrogens with zero attached hydrogens (tertiary/aromatic N) is 2. The minimum Gasteiger partial charge on any atom is -0.497 e. The molecule has 1 heterocycles. The predicted molar refractivity (Wildman–Crippen MR) is 93.9 cm³/mol. The fraction of sp³-hybridized carbons (Fsp3) is 0.118. The number of hydrogen-bond donors (Lipinski definition) is 2. The number of amides is 1. The number of aromatic hydroxyl groups is 1. The van der Waals surface area contributed by atoms with Crippen molar-refractivity contribution in [1.29, 1.82) is 0 Å². The summed E-state index contributed by atoms with van der Waals surface area (Å²) in [5.41, 5.74) is 1.77. The van der Waals surface area contributed by atoms with E-state index in [0.29, 0.717) is 10.9 Å². The number of rotatable bonds is 4. The first-order valence-corrected chi connectivity index (χ1v) is 7.94. The van der Waals surface area contributed by atoms with Crippen LogP contribution in [0.25, 0.3) is 10.9 Å². The fourth-order valence-corrected chi connectivity index (χ4v) is 2.66. The van der Waals surface area contributed by atoms with E-state index in [-0.39, 0.29) is 18.0 Å². The number of nitrogens with one attached hydrogen (secondary N) is 1. The maximum Gasteiger partial charge on any atom is 0.269 e. The van der Waals surface area contributed by atoms with Crippen molar-refractivity contribution in [3.8, 4) is 11.6 Å². The summed E-state index contributed by atoms with van der Waals surface area (Å²) in [6.45, 7) is 0. The first kappa shape index (κ1) is 16.2. The largest absolute Gasteiger partial charge is 0.497 e. The number of H-pyrrole nitrogens is 1. The van der Waals surface area contributed by atoms with Crippen LogP contribution >= 0.6 is 15.9 Å². The molecular formula is C17H14BrN3O3. The number of azo groups is 1. The molecule has 1 aromatic heterocycles. The van der Waals surface area contributed by atoms with Gasteiger partial charge >= 0.3 is 0 Å². The molecule has 0 saturated heterocycles. The number of methoxy groups -OCH3 is 1. The normalized spacial score (nSPS) is 11.2. The Bertz CT molecular complexity index is 917. The van der Waals surface area contributed by atoms with Crippen molar-refractivity contribution in [2.75, 3.05) is 7.11 Å². The molecule has 0 unspecified atom stereocenters. The Morgan fingerprint density at radius 3 is 2.71 bits per heavy atom. The molecule has 0 bridgehead atoms. The Hall–Kier alpha value is -2.67. The van der Waals surface area contributed by atoms with Gasteiger partial charge in [-0.05, 0) is 35.9 Å². The summed E-state index contributed by atoms with van der Waals surface area (Å²) < 4.78 is 5.91. The van der Waals surface area contributed by atoms with Crippen LogP contribution in [0.3, 0.4) is 0 Å². The molecule has 2 aromatic carbocycles. The van der Waals surface area contributed by atoms with Crippen molar-refractivity contribution in [2.24, 2.45) is 10.2 Å². The van der Waals surface area contributed by atoms with Crippen molar-refractivity contribution in [3.05, 3.63) is 52.5 Å². The number of carbonyl (C=O) groups excluding carboxylic acids is 1. The molecule has 6 nitrogen and oxygen atoms in total. The van der Waals surface area contributed by atoms with Crippen LogP contribution < -0.4 is 4.74 Å². The van der Waals surface area contributed by atoms with Crippen molar-refractivity contribution in [1.82, 2.24) is 4.98 Å². The number of fused-ring (bicyclic) bond motifs is 1. The zero-order chi connectivity index (χ0) is 17.1. The van der Waals surface area contributed by atoms with Gasteiger partial charge in [0.25, 0.3) is 5.91 Å². The van der Waals surface area contributed by atoms with Gasteiger partial charge < -0.3 is 14.8 Å². The highest BCUT2D eigenvalue weighted by Gasteiger charge is 2.11. The highest BCUT2D eigenvalue weighted by Crippen LogP contribution is 2.36. The third kappa shape index (κ3) is 3.46. The van der Waals surface area contributed by atoms with Crippen molar-refractivity contribution < 1.29 is 14.6 Å². The van der Waals surface area contributed by atoms with Gasteiger partial charge in [-0.3, -0.25) is 4.79 Å². The summed E-state index contributed by atoms with van der Waals surface area (Å²) in [5.74, 6) is 0.204. The van der Waals surface area contributed by atoms with Crippen LogP contribution in [-0.4, -0.2) is 23.1 Å². The molecule has 24 heavy (non-hydrogen) atoms. The minimum atomic E-state index is -0.399. The van der Waals surface area contributed by atoms with Gasteiger partial charge in [-0.15, -0.1) is 10.2 Å². The molecule has 3 aromatic rings. The Labute approximate surface area is 146 Å². The van der Waals surface area contributed by atoms with E-state index in [2.05, 4.69) is 31.1 Å². The quantitative estimate of drug-likeness (QED) is 0.646. The van der Waals surface area contributed by atoms with Gasteiger partial charge in [0.15, 0.2) is 5.69 Å². The molecule has 3 rings (SSSR count). The third-order valence-electron chi connectivity index (χ3n) is 3.49. The molecule has 2 N–H and O–H groups in total. The molecule has 122 valence electrons. The van der Waals surface area contributed by atoms with E-state index in [0.717, 1.165) is 15.8 Å². The number of carbonyl (C=O) groups is 1. The second-order valence-electron chi connectivity index (χ2n) is 5.13. The smallest absolute Gasteiger partial charge is 0.269 e. The van der Waals surface area contributed by atoms with E-state index in [1.165, 1.54) is 0 Å². The van der Waals surface area contributed by atoms with Gasteiger partial charge in [0.1, 0.15) is 5.75 Å². The summed E-state index contributed by atoms with van der Waals surface area (Å²) in [6.07, 6.45) is 0.125. The van der Waals surface area contributed by atoms with E-state index in [4.69, 9.17) is 4.74 Å². The van der Waals surface area contributed by atoms with Crippen LogP contribution in [0.15, 0.2) is 57.2 Å². The molecule has 1 amide bonds. The molecule has 0 aliphatic rings. The average Bonchev–Trinajstić information content (AvgIpc) is 2.88. The number of aromatic nitrogens is 1. The zero-order valence-electron chi connectivity index (χ0n) is 12.8. The second kappa shape index (κ2) is 6.84. The second-order valence-corrected chi connectivity index (χ2v) is 6.05. The summed E-state index contributed by atoms with van der Waals surface area (Å²) in [4.78, 5) is 14.8. The van der Waals surface area contributed by atoms with Gasteiger partial charge in [0, 0.05) is 9.86 Å². The van der Waals surface area contributed by atoms with Crippen molar-refractivity contribution in [3.63, 3.8) is 0 Å².